The van der Waals surface area contributed by atoms with Crippen LogP contribution in [0.25, 0.3) is 0 Å². The van der Waals surface area contributed by atoms with Crippen molar-refractivity contribution in [3.8, 4) is 0 Å². The summed E-state index contributed by atoms with van der Waals surface area (Å²) in [5.74, 6) is 0.354. The maximum Gasteiger partial charge on any atom is 0.303 e. The van der Waals surface area contributed by atoms with Crippen molar-refractivity contribution in [1.29, 1.82) is 0 Å². The van der Waals surface area contributed by atoms with Crippen molar-refractivity contribution in [3.05, 3.63) is 23.3 Å². The Bertz CT molecular complexity index is 857. The molecule has 0 aliphatic heterocycles. The van der Waals surface area contributed by atoms with E-state index in [2.05, 4.69) is 26.8 Å². The van der Waals surface area contributed by atoms with Gasteiger partial charge in [0.2, 0.25) is 0 Å². The summed E-state index contributed by atoms with van der Waals surface area (Å²) < 4.78 is 5.81. The fourth-order valence-electron chi connectivity index (χ4n) is 7.53. The third kappa shape index (κ3) is 2.67. The maximum absolute atomic E-state index is 12.8. The Hall–Kier alpha value is -1.42. The average Bonchev–Trinajstić information content (AvgIpc) is 2.89. The van der Waals surface area contributed by atoms with Gasteiger partial charge in [-0.15, -0.1) is 11.6 Å². The Morgan fingerprint density at radius 3 is 2.52 bits per heavy atom. The molecule has 0 aromatic rings. The minimum Gasteiger partial charge on any atom is -0.451 e. The van der Waals surface area contributed by atoms with Crippen molar-refractivity contribution < 1.29 is 19.1 Å². The summed E-state index contributed by atoms with van der Waals surface area (Å²) in [7, 11) is 0. The number of carbonyl (C=O) groups excluding carboxylic acids is 3. The Morgan fingerprint density at radius 2 is 1.90 bits per heavy atom. The second-order valence-electron chi connectivity index (χ2n) is 10.2. The highest BCUT2D eigenvalue weighted by atomic mass is 35.5. The Labute approximate surface area is 178 Å². The largest absolute Gasteiger partial charge is 0.451 e. The summed E-state index contributed by atoms with van der Waals surface area (Å²) in [5, 5.41) is -0.153. The molecule has 0 spiro atoms. The van der Waals surface area contributed by atoms with Crippen molar-refractivity contribution in [2.75, 3.05) is 0 Å². The molecule has 0 heterocycles. The number of esters is 1. The molecule has 0 bridgehead atoms. The molecule has 4 aliphatic rings. The van der Waals surface area contributed by atoms with Crippen molar-refractivity contribution in [2.45, 2.75) is 77.7 Å². The van der Waals surface area contributed by atoms with E-state index in [1.807, 2.05) is 6.08 Å². The van der Waals surface area contributed by atoms with Gasteiger partial charge in [-0.2, -0.15) is 0 Å². The molecule has 5 heteroatoms. The van der Waals surface area contributed by atoms with Gasteiger partial charge < -0.3 is 4.74 Å². The van der Waals surface area contributed by atoms with E-state index in [0.29, 0.717) is 19.3 Å². The van der Waals surface area contributed by atoms with E-state index in [4.69, 9.17) is 16.3 Å². The topological polar surface area (TPSA) is 60.4 Å². The Morgan fingerprint density at radius 1 is 1.21 bits per heavy atom. The number of hydrogen-bond donors (Lipinski definition) is 0. The van der Waals surface area contributed by atoms with E-state index < -0.39 is 17.0 Å². The molecular formula is C24H31ClO4. The van der Waals surface area contributed by atoms with Gasteiger partial charge in [-0.3, -0.25) is 14.4 Å². The van der Waals surface area contributed by atoms with Crippen molar-refractivity contribution >= 4 is 29.1 Å². The van der Waals surface area contributed by atoms with Gasteiger partial charge in [-0.25, -0.2) is 0 Å². The van der Waals surface area contributed by atoms with Crippen LogP contribution in [0.15, 0.2) is 23.3 Å². The van der Waals surface area contributed by atoms with Gasteiger partial charge in [0.25, 0.3) is 0 Å². The van der Waals surface area contributed by atoms with Crippen LogP contribution in [0.4, 0.5) is 0 Å². The van der Waals surface area contributed by atoms with Gasteiger partial charge in [-0.05, 0) is 74.3 Å². The molecule has 2 fully saturated rings. The van der Waals surface area contributed by atoms with E-state index in [1.54, 1.807) is 6.92 Å². The molecule has 4 rings (SSSR count). The quantitative estimate of drug-likeness (QED) is 0.477. The first kappa shape index (κ1) is 20.8. The smallest absolute Gasteiger partial charge is 0.303 e. The zero-order valence-electron chi connectivity index (χ0n) is 18.0. The summed E-state index contributed by atoms with van der Waals surface area (Å²) in [5.41, 5.74) is 0.580. The highest BCUT2D eigenvalue weighted by molar-refractivity contribution is 6.21. The van der Waals surface area contributed by atoms with E-state index in [0.717, 1.165) is 24.0 Å². The number of rotatable bonds is 2. The molecule has 2 saturated carbocycles. The standard InChI is InChI=1S/C24H31ClO4/c1-13-10-17-18-7-9-24(14(2)26,29-15(3)27)23(18,5)12-20(25)21(17)22(4)8-6-16(28)11-19(13)22/h10-11,17-18,20-21H,6-9,12H2,1-5H3/t17-,18-,20?,21+,22-,23-,24-/m0/s1. The molecule has 0 aromatic carbocycles. The molecular weight excluding hydrogens is 388 g/mol. The minimum absolute atomic E-state index is 0.0772. The fraction of sp³-hybridized carbons (Fsp3) is 0.708. The maximum atomic E-state index is 12.8. The van der Waals surface area contributed by atoms with Crippen LogP contribution in [0.3, 0.4) is 0 Å². The lowest BCUT2D eigenvalue weighted by Gasteiger charge is -2.59. The molecule has 0 amide bonds. The van der Waals surface area contributed by atoms with Gasteiger partial charge in [0.1, 0.15) is 0 Å². The second kappa shape index (κ2) is 6.54. The molecule has 0 saturated heterocycles. The molecule has 0 N–H and O–H groups in total. The number of carbonyl (C=O) groups is 3. The lowest BCUT2D eigenvalue weighted by Crippen LogP contribution is -2.61. The van der Waals surface area contributed by atoms with Gasteiger partial charge in [0, 0.05) is 24.1 Å². The van der Waals surface area contributed by atoms with Crippen LogP contribution in [0, 0.1) is 28.6 Å². The normalized spacial score (nSPS) is 46.1. The average molecular weight is 419 g/mol. The van der Waals surface area contributed by atoms with Crippen molar-refractivity contribution in [2.24, 2.45) is 28.6 Å². The minimum atomic E-state index is -1.09. The molecule has 0 aromatic heterocycles. The molecule has 4 aliphatic carbocycles. The second-order valence-corrected chi connectivity index (χ2v) is 10.7. The van der Waals surface area contributed by atoms with E-state index >= 15 is 0 Å². The summed E-state index contributed by atoms with van der Waals surface area (Å²) >= 11 is 7.12. The monoisotopic (exact) mass is 418 g/mol. The summed E-state index contributed by atoms with van der Waals surface area (Å²) in [6.45, 7) is 9.38. The van der Waals surface area contributed by atoms with E-state index in [9.17, 15) is 14.4 Å². The SMILES string of the molecule is CC(=O)O[C@]1(C(C)=O)CC[C@H]2[C@@H]3C=C(C)C4=CC(=O)CC[C@]4(C)[C@H]3C(Cl)C[C@@]21C. The zero-order valence-corrected chi connectivity index (χ0v) is 18.8. The Balaban J connectivity index is 1.84. The lowest BCUT2D eigenvalue weighted by atomic mass is 9.47. The first-order valence-electron chi connectivity index (χ1n) is 10.7. The first-order chi connectivity index (χ1) is 13.5. The fourth-order valence-corrected chi connectivity index (χ4v) is 8.30. The van der Waals surface area contributed by atoms with E-state index in [-0.39, 0.29) is 40.1 Å². The molecule has 4 nitrogen and oxygen atoms in total. The van der Waals surface area contributed by atoms with Crippen molar-refractivity contribution in [3.63, 3.8) is 0 Å². The van der Waals surface area contributed by atoms with Crippen molar-refractivity contribution in [1.82, 2.24) is 0 Å². The number of hydrogen-bond acceptors (Lipinski definition) is 4. The summed E-state index contributed by atoms with van der Waals surface area (Å²) in [6, 6.07) is 0. The van der Waals surface area contributed by atoms with Crippen LogP contribution in [-0.2, 0) is 19.1 Å². The summed E-state index contributed by atoms with van der Waals surface area (Å²) in [6.07, 6.45) is 7.53. The van der Waals surface area contributed by atoms with Crippen LogP contribution in [-0.4, -0.2) is 28.5 Å². The van der Waals surface area contributed by atoms with Gasteiger partial charge in [0.15, 0.2) is 17.2 Å². The van der Waals surface area contributed by atoms with Crippen LogP contribution >= 0.6 is 11.6 Å². The van der Waals surface area contributed by atoms with Gasteiger partial charge in [-0.1, -0.05) is 25.5 Å². The highest BCUT2D eigenvalue weighted by Gasteiger charge is 2.69. The third-order valence-electron chi connectivity index (χ3n) is 8.74. The van der Waals surface area contributed by atoms with E-state index in [1.165, 1.54) is 6.92 Å². The number of ether oxygens (including phenoxy) is 1. The summed E-state index contributed by atoms with van der Waals surface area (Å²) in [4.78, 5) is 36.9. The molecule has 158 valence electrons. The molecule has 29 heavy (non-hydrogen) atoms. The van der Waals surface area contributed by atoms with Gasteiger partial charge >= 0.3 is 5.97 Å². The number of allylic oxidation sites excluding steroid dienone is 4. The third-order valence-corrected chi connectivity index (χ3v) is 9.16. The predicted molar refractivity (Wildman–Crippen MR) is 111 cm³/mol. The molecule has 0 radical (unpaired) electrons. The first-order valence-corrected chi connectivity index (χ1v) is 11.2. The highest BCUT2D eigenvalue weighted by Crippen LogP contribution is 2.68. The van der Waals surface area contributed by atoms with Crippen LogP contribution in [0.5, 0.6) is 0 Å². The Kier molecular flexibility index (Phi) is 4.70. The predicted octanol–water partition coefficient (Wildman–Crippen LogP) is 4.79. The number of ketones is 2. The molecule has 7 atom stereocenters. The number of Topliss-reactive ketones (excluding diaryl/α,β-unsaturated/α-hetero) is 1. The molecule has 1 unspecified atom stereocenters. The number of alkyl halides is 1. The zero-order chi connectivity index (χ0) is 21.4. The van der Waals surface area contributed by atoms with Crippen LogP contribution < -0.4 is 0 Å². The lowest BCUT2D eigenvalue weighted by molar-refractivity contribution is -0.184. The van der Waals surface area contributed by atoms with Gasteiger partial charge in [0.05, 0.1) is 0 Å². The van der Waals surface area contributed by atoms with Crippen LogP contribution in [0.1, 0.15) is 66.7 Å². The number of halogens is 1. The number of fused-ring (bicyclic) bond motifs is 5. The van der Waals surface area contributed by atoms with Crippen LogP contribution in [0.2, 0.25) is 0 Å².